The van der Waals surface area contributed by atoms with Crippen LogP contribution in [0.25, 0.3) is 11.2 Å². The minimum Gasteiger partial charge on any atom is -0.365 e. The SMILES string of the molecule is CC(=O)Nc1nc(C)c(S(=O)(=O)N2CCC(Nc3nc(NC4CCC(N)CC4)nc4c3ncn4C3CCCC3)CC2)s1.Cl.Cl. The van der Waals surface area contributed by atoms with Gasteiger partial charge in [-0.25, -0.2) is 18.4 Å². The van der Waals surface area contributed by atoms with Crippen molar-refractivity contribution in [1.29, 1.82) is 0 Å². The standard InChI is InChI=1S/C27H40N10O3S2.2ClH/c1-16-25(41-27(30-16)31-17(2)38)42(39,40)36-13-11-20(12-14-36)32-23-22-24(37(15-29-22)21-5-3-4-6-21)35-26(34-23)33-19-9-7-18(28)8-10-19;;/h15,18-21H,3-14,28H2,1-2H3,(H,30,31,38)(H2,32,33,34,35);2*1H. The summed E-state index contributed by atoms with van der Waals surface area (Å²) in [6, 6.07) is 0.978. The van der Waals surface area contributed by atoms with Gasteiger partial charge in [0.05, 0.1) is 12.0 Å². The topological polar surface area (TPSA) is 173 Å². The molecular weight excluding hydrogens is 647 g/mol. The van der Waals surface area contributed by atoms with Gasteiger partial charge in [0, 0.05) is 44.2 Å². The summed E-state index contributed by atoms with van der Waals surface area (Å²) < 4.78 is 30.8. The summed E-state index contributed by atoms with van der Waals surface area (Å²) in [4.78, 5) is 30.2. The number of piperidine rings is 1. The van der Waals surface area contributed by atoms with Gasteiger partial charge in [0.25, 0.3) is 10.0 Å². The summed E-state index contributed by atoms with van der Waals surface area (Å²) in [5.74, 6) is 1.000. The fourth-order valence-electron chi connectivity index (χ4n) is 6.35. The first kappa shape index (κ1) is 34.6. The van der Waals surface area contributed by atoms with E-state index in [4.69, 9.17) is 20.7 Å². The van der Waals surface area contributed by atoms with E-state index >= 15 is 0 Å². The second-order valence-corrected chi connectivity index (χ2v) is 14.9. The summed E-state index contributed by atoms with van der Waals surface area (Å²) >= 11 is 0.992. The fraction of sp³-hybridized carbons (Fsp3) is 0.667. The number of nitrogens with zero attached hydrogens (tertiary/aromatic N) is 6. The number of sulfonamides is 1. The number of aromatic nitrogens is 5. The van der Waals surface area contributed by atoms with Crippen LogP contribution in [0.5, 0.6) is 0 Å². The van der Waals surface area contributed by atoms with Crippen molar-refractivity contribution in [1.82, 2.24) is 28.8 Å². The molecule has 0 aromatic carbocycles. The molecule has 1 saturated heterocycles. The number of thiazole rings is 1. The lowest BCUT2D eigenvalue weighted by Crippen LogP contribution is -2.42. The van der Waals surface area contributed by atoms with E-state index in [1.54, 1.807) is 6.92 Å². The van der Waals surface area contributed by atoms with E-state index in [9.17, 15) is 13.2 Å². The number of rotatable bonds is 8. The lowest BCUT2D eigenvalue weighted by Gasteiger charge is -2.31. The first-order chi connectivity index (χ1) is 20.2. The van der Waals surface area contributed by atoms with Crippen LogP contribution < -0.4 is 21.7 Å². The molecule has 2 saturated carbocycles. The molecule has 3 aromatic heterocycles. The normalized spacial score (nSPS) is 21.9. The van der Waals surface area contributed by atoms with Gasteiger partial charge in [0.2, 0.25) is 11.9 Å². The summed E-state index contributed by atoms with van der Waals surface area (Å²) in [7, 11) is -3.72. The van der Waals surface area contributed by atoms with E-state index in [1.165, 1.54) is 24.1 Å². The third-order valence-corrected chi connectivity index (χ3v) is 12.2. The van der Waals surface area contributed by atoms with E-state index in [2.05, 4.69) is 25.5 Å². The summed E-state index contributed by atoms with van der Waals surface area (Å²) in [6.07, 6.45) is 11.8. The highest BCUT2D eigenvalue weighted by Crippen LogP contribution is 2.35. The Hall–Kier alpha value is -2.30. The number of imidazole rings is 1. The van der Waals surface area contributed by atoms with E-state index in [0.29, 0.717) is 54.6 Å². The van der Waals surface area contributed by atoms with Crippen LogP contribution in [0.3, 0.4) is 0 Å². The molecule has 2 aliphatic carbocycles. The lowest BCUT2D eigenvalue weighted by atomic mass is 9.92. The second kappa shape index (κ2) is 14.4. The van der Waals surface area contributed by atoms with Crippen molar-refractivity contribution in [2.24, 2.45) is 5.73 Å². The number of hydrogen-bond donors (Lipinski definition) is 4. The second-order valence-electron chi connectivity index (χ2n) is 11.8. The van der Waals surface area contributed by atoms with E-state index in [1.807, 2.05) is 6.33 Å². The Morgan fingerprint density at radius 1 is 0.955 bits per heavy atom. The number of aryl methyl sites for hydroxylation is 1. The van der Waals surface area contributed by atoms with Crippen molar-refractivity contribution in [2.75, 3.05) is 29.0 Å². The monoisotopic (exact) mass is 688 g/mol. The molecule has 3 fully saturated rings. The smallest absolute Gasteiger partial charge is 0.254 e. The van der Waals surface area contributed by atoms with Crippen LogP contribution >= 0.6 is 36.2 Å². The summed E-state index contributed by atoms with van der Waals surface area (Å²) in [5.41, 5.74) is 8.11. The maximum Gasteiger partial charge on any atom is 0.254 e. The lowest BCUT2D eigenvalue weighted by molar-refractivity contribution is -0.114. The van der Waals surface area contributed by atoms with Gasteiger partial charge < -0.3 is 26.3 Å². The summed E-state index contributed by atoms with van der Waals surface area (Å²) in [5, 5.41) is 10.0. The first-order valence-electron chi connectivity index (χ1n) is 15.0. The molecule has 0 bridgehead atoms. The van der Waals surface area contributed by atoms with Crippen molar-refractivity contribution < 1.29 is 13.2 Å². The molecule has 44 heavy (non-hydrogen) atoms. The van der Waals surface area contributed by atoms with Crippen LogP contribution in [-0.4, -0.2) is 74.3 Å². The number of hydrogen-bond acceptors (Lipinski definition) is 11. The third kappa shape index (κ3) is 7.39. The fourth-order valence-corrected chi connectivity index (χ4v) is 9.42. The first-order valence-corrected chi connectivity index (χ1v) is 17.2. The van der Waals surface area contributed by atoms with Crippen LogP contribution in [0, 0.1) is 6.92 Å². The zero-order chi connectivity index (χ0) is 29.4. The van der Waals surface area contributed by atoms with Crippen molar-refractivity contribution >= 4 is 80.1 Å². The Morgan fingerprint density at radius 3 is 2.27 bits per heavy atom. The molecule has 244 valence electrons. The zero-order valence-corrected chi connectivity index (χ0v) is 28.3. The predicted molar refractivity (Wildman–Crippen MR) is 178 cm³/mol. The van der Waals surface area contributed by atoms with E-state index in [-0.39, 0.29) is 53.1 Å². The van der Waals surface area contributed by atoms with Crippen LogP contribution in [-0.2, 0) is 14.8 Å². The molecule has 1 amide bonds. The number of nitrogens with one attached hydrogen (secondary N) is 3. The number of nitrogens with two attached hydrogens (primary N) is 1. The van der Waals surface area contributed by atoms with Gasteiger partial charge in [0.15, 0.2) is 26.3 Å². The Kier molecular flexibility index (Phi) is 11.3. The highest BCUT2D eigenvalue weighted by atomic mass is 35.5. The van der Waals surface area contributed by atoms with Gasteiger partial charge >= 0.3 is 0 Å². The molecule has 6 rings (SSSR count). The number of amides is 1. The Balaban J connectivity index is 0.00000221. The van der Waals surface area contributed by atoms with Gasteiger partial charge in [-0.15, -0.1) is 24.8 Å². The predicted octanol–water partition coefficient (Wildman–Crippen LogP) is 4.46. The van der Waals surface area contributed by atoms with Crippen molar-refractivity contribution in [2.45, 2.75) is 106 Å². The van der Waals surface area contributed by atoms with Gasteiger partial charge in [-0.05, 0) is 58.3 Å². The van der Waals surface area contributed by atoms with Gasteiger partial charge in [-0.2, -0.15) is 14.3 Å². The van der Waals surface area contributed by atoms with Crippen LogP contribution in [0.1, 0.15) is 82.9 Å². The molecule has 0 radical (unpaired) electrons. The Labute approximate surface area is 274 Å². The average molecular weight is 690 g/mol. The van der Waals surface area contributed by atoms with E-state index < -0.39 is 10.0 Å². The number of carbonyl (C=O) groups excluding carboxylic acids is 1. The molecule has 3 aliphatic rings. The Bertz CT molecular complexity index is 1540. The Morgan fingerprint density at radius 2 is 1.61 bits per heavy atom. The van der Waals surface area contributed by atoms with Crippen LogP contribution in [0.4, 0.5) is 16.9 Å². The molecule has 0 spiro atoms. The van der Waals surface area contributed by atoms with Crippen molar-refractivity contribution in [3.05, 3.63) is 12.0 Å². The van der Waals surface area contributed by atoms with Gasteiger partial charge in [0.1, 0.15) is 0 Å². The number of anilines is 3. The zero-order valence-electron chi connectivity index (χ0n) is 25.0. The molecule has 1 aliphatic heterocycles. The molecule has 3 aromatic rings. The maximum atomic E-state index is 13.4. The quantitative estimate of drug-likeness (QED) is 0.265. The van der Waals surface area contributed by atoms with E-state index in [0.717, 1.165) is 61.0 Å². The minimum absolute atomic E-state index is 0. The number of fused-ring (bicyclic) bond motifs is 1. The molecular formula is C27H42Cl2N10O3S2. The summed E-state index contributed by atoms with van der Waals surface area (Å²) in [6.45, 7) is 3.76. The van der Waals surface area contributed by atoms with Crippen LogP contribution in [0.2, 0.25) is 0 Å². The molecule has 0 unspecified atom stereocenters. The highest BCUT2D eigenvalue weighted by Gasteiger charge is 2.33. The molecule has 13 nitrogen and oxygen atoms in total. The van der Waals surface area contributed by atoms with Crippen LogP contribution in [0.15, 0.2) is 10.5 Å². The number of halogens is 2. The third-order valence-electron chi connectivity index (χ3n) is 8.65. The number of carbonyl (C=O) groups is 1. The van der Waals surface area contributed by atoms with Crippen molar-refractivity contribution in [3.8, 4) is 0 Å². The minimum atomic E-state index is -3.72. The molecule has 17 heteroatoms. The van der Waals surface area contributed by atoms with Gasteiger partial charge in [-0.3, -0.25) is 4.79 Å². The largest absolute Gasteiger partial charge is 0.365 e. The molecule has 5 N–H and O–H groups in total. The molecule has 4 heterocycles. The average Bonchev–Trinajstić information content (AvgIpc) is 3.70. The highest BCUT2D eigenvalue weighted by molar-refractivity contribution is 7.91. The molecule has 0 atom stereocenters. The van der Waals surface area contributed by atoms with Crippen molar-refractivity contribution in [3.63, 3.8) is 0 Å². The maximum absolute atomic E-state index is 13.4. The van der Waals surface area contributed by atoms with Gasteiger partial charge in [-0.1, -0.05) is 24.2 Å².